The van der Waals surface area contributed by atoms with Crippen LogP contribution in [-0.2, 0) is 0 Å². The molecule has 1 aromatic carbocycles. The summed E-state index contributed by atoms with van der Waals surface area (Å²) in [4.78, 5) is 2.36. The molecule has 1 fully saturated rings. The number of halogens is 1. The summed E-state index contributed by atoms with van der Waals surface area (Å²) < 4.78 is 0. The Hall–Kier alpha value is -0.730. The van der Waals surface area contributed by atoms with Crippen molar-refractivity contribution in [3.05, 3.63) is 28.8 Å². The number of rotatable bonds is 2. The summed E-state index contributed by atoms with van der Waals surface area (Å²) >= 11 is 6.31. The standard InChI is InChI=1S/C14H20ClNO/c1-11(17)12-6-7-14(13(15)10-12)16-8-4-2-3-5-9-16/h6-7,10-11,17H,2-5,8-9H2,1H3/t11-/m0/s1. The van der Waals surface area contributed by atoms with Crippen molar-refractivity contribution in [3.63, 3.8) is 0 Å². The van der Waals surface area contributed by atoms with Crippen molar-refractivity contribution in [2.75, 3.05) is 18.0 Å². The lowest BCUT2D eigenvalue weighted by Crippen LogP contribution is -2.24. The Balaban J connectivity index is 2.19. The van der Waals surface area contributed by atoms with Gasteiger partial charge in [0.2, 0.25) is 0 Å². The Kier molecular flexibility index (Phi) is 4.30. The van der Waals surface area contributed by atoms with Gasteiger partial charge in [0.05, 0.1) is 16.8 Å². The van der Waals surface area contributed by atoms with Gasteiger partial charge in [0.25, 0.3) is 0 Å². The van der Waals surface area contributed by atoms with Gasteiger partial charge in [-0.3, -0.25) is 0 Å². The van der Waals surface area contributed by atoms with E-state index in [2.05, 4.69) is 4.90 Å². The van der Waals surface area contributed by atoms with Gasteiger partial charge in [-0.05, 0) is 37.5 Å². The van der Waals surface area contributed by atoms with Gasteiger partial charge in [0.1, 0.15) is 0 Å². The Morgan fingerprint density at radius 2 is 1.82 bits per heavy atom. The third-order valence-corrected chi connectivity index (χ3v) is 3.70. The molecule has 0 saturated carbocycles. The lowest BCUT2D eigenvalue weighted by Gasteiger charge is -2.24. The first-order valence-electron chi connectivity index (χ1n) is 6.41. The molecule has 1 saturated heterocycles. The molecule has 0 bridgehead atoms. The number of aliphatic hydroxyl groups excluding tert-OH is 1. The van der Waals surface area contributed by atoms with E-state index in [1.807, 2.05) is 18.2 Å². The predicted molar refractivity (Wildman–Crippen MR) is 72.8 cm³/mol. The van der Waals surface area contributed by atoms with Gasteiger partial charge in [-0.15, -0.1) is 0 Å². The van der Waals surface area contributed by atoms with Crippen LogP contribution in [0, 0.1) is 0 Å². The highest BCUT2D eigenvalue weighted by Crippen LogP contribution is 2.30. The number of hydrogen-bond acceptors (Lipinski definition) is 2. The molecule has 1 atom stereocenters. The first-order valence-corrected chi connectivity index (χ1v) is 6.79. The van der Waals surface area contributed by atoms with Crippen LogP contribution in [0.1, 0.15) is 44.3 Å². The van der Waals surface area contributed by atoms with Gasteiger partial charge >= 0.3 is 0 Å². The normalized spacial score (nSPS) is 18.9. The summed E-state index contributed by atoms with van der Waals surface area (Å²) in [6, 6.07) is 5.89. The van der Waals surface area contributed by atoms with Crippen molar-refractivity contribution in [3.8, 4) is 0 Å². The van der Waals surface area contributed by atoms with Crippen molar-refractivity contribution in [1.29, 1.82) is 0 Å². The van der Waals surface area contributed by atoms with Crippen LogP contribution in [-0.4, -0.2) is 18.2 Å². The van der Waals surface area contributed by atoms with Crippen LogP contribution >= 0.6 is 11.6 Å². The summed E-state index contributed by atoms with van der Waals surface area (Å²) in [6.45, 7) is 3.94. The third kappa shape index (κ3) is 3.14. The molecule has 2 rings (SSSR count). The predicted octanol–water partition coefficient (Wildman–Crippen LogP) is 3.77. The smallest absolute Gasteiger partial charge is 0.0762 e. The molecule has 0 aromatic heterocycles. The molecule has 1 N–H and O–H groups in total. The second kappa shape index (κ2) is 5.74. The summed E-state index contributed by atoms with van der Waals surface area (Å²) in [6.07, 6.45) is 4.67. The van der Waals surface area contributed by atoms with E-state index in [0.717, 1.165) is 29.4 Å². The molecular weight excluding hydrogens is 234 g/mol. The van der Waals surface area contributed by atoms with Gasteiger partial charge in [-0.1, -0.05) is 30.5 Å². The summed E-state index contributed by atoms with van der Waals surface area (Å²) in [5.74, 6) is 0. The van der Waals surface area contributed by atoms with E-state index >= 15 is 0 Å². The van der Waals surface area contributed by atoms with E-state index in [-0.39, 0.29) is 0 Å². The van der Waals surface area contributed by atoms with Crippen LogP contribution in [0.25, 0.3) is 0 Å². The van der Waals surface area contributed by atoms with E-state index in [4.69, 9.17) is 11.6 Å². The average molecular weight is 254 g/mol. The van der Waals surface area contributed by atoms with Crippen molar-refractivity contribution >= 4 is 17.3 Å². The number of nitrogens with zero attached hydrogens (tertiary/aromatic N) is 1. The molecular formula is C14H20ClNO. The molecule has 0 radical (unpaired) electrons. The van der Waals surface area contributed by atoms with Gasteiger partial charge < -0.3 is 10.0 Å². The lowest BCUT2D eigenvalue weighted by molar-refractivity contribution is 0.199. The molecule has 0 aliphatic carbocycles. The van der Waals surface area contributed by atoms with Gasteiger partial charge in [0.15, 0.2) is 0 Å². The topological polar surface area (TPSA) is 23.5 Å². The molecule has 3 heteroatoms. The Labute approximate surface area is 108 Å². The lowest BCUT2D eigenvalue weighted by atomic mass is 10.1. The first kappa shape index (κ1) is 12.7. The number of anilines is 1. The minimum absolute atomic E-state index is 0.453. The molecule has 2 nitrogen and oxygen atoms in total. The van der Waals surface area contributed by atoms with Crippen molar-refractivity contribution in [2.24, 2.45) is 0 Å². The minimum atomic E-state index is -0.453. The zero-order chi connectivity index (χ0) is 12.3. The van der Waals surface area contributed by atoms with E-state index in [1.165, 1.54) is 25.7 Å². The maximum atomic E-state index is 9.52. The maximum Gasteiger partial charge on any atom is 0.0762 e. The molecule has 94 valence electrons. The van der Waals surface area contributed by atoms with E-state index in [0.29, 0.717) is 0 Å². The van der Waals surface area contributed by atoms with Crippen LogP contribution in [0.15, 0.2) is 18.2 Å². The third-order valence-electron chi connectivity index (χ3n) is 3.40. The van der Waals surface area contributed by atoms with E-state index in [1.54, 1.807) is 6.92 Å². The molecule has 0 unspecified atom stereocenters. The zero-order valence-corrected chi connectivity index (χ0v) is 11.1. The molecule has 1 aliphatic heterocycles. The first-order chi connectivity index (χ1) is 8.18. The van der Waals surface area contributed by atoms with Gasteiger partial charge in [0, 0.05) is 13.1 Å². The molecule has 0 spiro atoms. The molecule has 17 heavy (non-hydrogen) atoms. The largest absolute Gasteiger partial charge is 0.389 e. The van der Waals surface area contributed by atoms with Gasteiger partial charge in [-0.25, -0.2) is 0 Å². The highest BCUT2D eigenvalue weighted by molar-refractivity contribution is 6.33. The van der Waals surface area contributed by atoms with Crippen molar-refractivity contribution in [2.45, 2.75) is 38.7 Å². The second-order valence-corrected chi connectivity index (χ2v) is 5.20. The Morgan fingerprint density at radius 3 is 2.35 bits per heavy atom. The van der Waals surface area contributed by atoms with Crippen LogP contribution in [0.3, 0.4) is 0 Å². The van der Waals surface area contributed by atoms with Crippen LogP contribution in [0.2, 0.25) is 5.02 Å². The quantitative estimate of drug-likeness (QED) is 0.867. The SMILES string of the molecule is C[C@H](O)c1ccc(N2CCCCCC2)c(Cl)c1. The molecule has 1 aromatic rings. The fourth-order valence-electron chi connectivity index (χ4n) is 2.35. The maximum absolute atomic E-state index is 9.52. The number of benzene rings is 1. The second-order valence-electron chi connectivity index (χ2n) is 4.79. The highest BCUT2D eigenvalue weighted by Gasteiger charge is 2.13. The minimum Gasteiger partial charge on any atom is -0.389 e. The summed E-state index contributed by atoms with van der Waals surface area (Å²) in [5, 5.41) is 10.3. The average Bonchev–Trinajstić information content (AvgIpc) is 2.57. The molecule has 0 amide bonds. The van der Waals surface area contributed by atoms with Crippen molar-refractivity contribution in [1.82, 2.24) is 0 Å². The molecule has 1 aliphatic rings. The Bertz CT molecular complexity index is 370. The fraction of sp³-hybridized carbons (Fsp3) is 0.571. The summed E-state index contributed by atoms with van der Waals surface area (Å²) in [5.41, 5.74) is 1.99. The van der Waals surface area contributed by atoms with Crippen LogP contribution < -0.4 is 4.90 Å². The van der Waals surface area contributed by atoms with Crippen molar-refractivity contribution < 1.29 is 5.11 Å². The summed E-state index contributed by atoms with van der Waals surface area (Å²) in [7, 11) is 0. The zero-order valence-electron chi connectivity index (χ0n) is 10.3. The van der Waals surface area contributed by atoms with E-state index in [9.17, 15) is 5.11 Å². The van der Waals surface area contributed by atoms with Gasteiger partial charge in [-0.2, -0.15) is 0 Å². The highest BCUT2D eigenvalue weighted by atomic mass is 35.5. The van der Waals surface area contributed by atoms with Crippen LogP contribution in [0.5, 0.6) is 0 Å². The number of aliphatic hydroxyl groups is 1. The number of hydrogen-bond donors (Lipinski definition) is 1. The van der Waals surface area contributed by atoms with Crippen LogP contribution in [0.4, 0.5) is 5.69 Å². The monoisotopic (exact) mass is 253 g/mol. The Morgan fingerprint density at radius 1 is 1.18 bits per heavy atom. The van der Waals surface area contributed by atoms with E-state index < -0.39 is 6.10 Å². The fourth-order valence-corrected chi connectivity index (χ4v) is 2.66. The molecule has 1 heterocycles.